The van der Waals surface area contributed by atoms with Gasteiger partial charge >= 0.3 is 0 Å². The van der Waals surface area contributed by atoms with E-state index in [2.05, 4.69) is 10.0 Å². The summed E-state index contributed by atoms with van der Waals surface area (Å²) < 4.78 is 26.9. The molecule has 1 aromatic rings. The van der Waals surface area contributed by atoms with Crippen molar-refractivity contribution in [3.8, 4) is 0 Å². The van der Waals surface area contributed by atoms with Crippen molar-refractivity contribution in [3.05, 3.63) is 28.8 Å². The average molecular weight is 317 g/mol. The van der Waals surface area contributed by atoms with Crippen molar-refractivity contribution in [2.24, 2.45) is 5.92 Å². The molecule has 1 aliphatic carbocycles. The van der Waals surface area contributed by atoms with Crippen molar-refractivity contribution in [2.75, 3.05) is 13.6 Å². The zero-order chi connectivity index (χ0) is 14.6. The molecule has 20 heavy (non-hydrogen) atoms. The summed E-state index contributed by atoms with van der Waals surface area (Å²) >= 11 is 6.09. The number of halogens is 1. The van der Waals surface area contributed by atoms with E-state index in [1.165, 1.54) is 18.9 Å². The summed E-state index contributed by atoms with van der Waals surface area (Å²) in [6.45, 7) is 1.11. The van der Waals surface area contributed by atoms with Crippen LogP contribution in [-0.2, 0) is 16.6 Å². The molecule has 6 heteroatoms. The van der Waals surface area contributed by atoms with Gasteiger partial charge in [0.2, 0.25) is 10.0 Å². The largest absolute Gasteiger partial charge is 0.316 e. The summed E-state index contributed by atoms with van der Waals surface area (Å²) in [6, 6.07) is 4.86. The molecule has 0 atom stereocenters. The van der Waals surface area contributed by atoms with Gasteiger partial charge in [0.15, 0.2) is 0 Å². The highest BCUT2D eigenvalue weighted by Gasteiger charge is 2.21. The fourth-order valence-corrected chi connectivity index (χ4v) is 3.53. The molecule has 0 radical (unpaired) electrons. The Morgan fingerprint density at radius 3 is 2.70 bits per heavy atom. The molecule has 2 N–H and O–H groups in total. The summed E-state index contributed by atoms with van der Waals surface area (Å²) in [5.74, 6) is 0.828. The van der Waals surface area contributed by atoms with Crippen LogP contribution in [-0.4, -0.2) is 22.0 Å². The predicted octanol–water partition coefficient (Wildman–Crippen LogP) is 2.53. The van der Waals surface area contributed by atoms with Crippen molar-refractivity contribution in [3.63, 3.8) is 0 Å². The van der Waals surface area contributed by atoms with Gasteiger partial charge in [0.1, 0.15) is 0 Å². The lowest BCUT2D eigenvalue weighted by Crippen LogP contribution is -2.25. The van der Waals surface area contributed by atoms with Crippen LogP contribution in [0.5, 0.6) is 0 Å². The van der Waals surface area contributed by atoms with Gasteiger partial charge in [0.25, 0.3) is 0 Å². The van der Waals surface area contributed by atoms with E-state index in [1.807, 2.05) is 7.05 Å². The van der Waals surface area contributed by atoms with Crippen LogP contribution >= 0.6 is 11.6 Å². The predicted molar refractivity (Wildman–Crippen MR) is 81.4 cm³/mol. The lowest BCUT2D eigenvalue weighted by Gasteiger charge is -2.09. The molecule has 1 saturated carbocycles. The van der Waals surface area contributed by atoms with Crippen LogP contribution in [0.2, 0.25) is 5.02 Å². The van der Waals surface area contributed by atoms with E-state index in [4.69, 9.17) is 11.6 Å². The second-order valence-corrected chi connectivity index (χ2v) is 7.44. The van der Waals surface area contributed by atoms with Crippen LogP contribution in [0.15, 0.2) is 23.1 Å². The van der Waals surface area contributed by atoms with Gasteiger partial charge in [-0.1, -0.05) is 30.5 Å². The molecule has 1 fully saturated rings. The third-order valence-corrected chi connectivity index (χ3v) is 5.29. The maximum absolute atomic E-state index is 12.1. The Kier molecular flexibility index (Phi) is 5.43. The Balaban J connectivity index is 1.95. The van der Waals surface area contributed by atoms with Gasteiger partial charge in [-0.25, -0.2) is 13.1 Å². The number of nitrogens with one attached hydrogen (secondary N) is 2. The molecule has 2 rings (SSSR count). The van der Waals surface area contributed by atoms with E-state index >= 15 is 0 Å². The van der Waals surface area contributed by atoms with Crippen LogP contribution in [0.4, 0.5) is 0 Å². The van der Waals surface area contributed by atoms with E-state index in [0.29, 0.717) is 18.1 Å². The fourth-order valence-electron chi connectivity index (χ4n) is 2.12. The second-order valence-electron chi connectivity index (χ2n) is 5.27. The Bertz CT molecular complexity index is 556. The van der Waals surface area contributed by atoms with Crippen molar-refractivity contribution in [1.29, 1.82) is 0 Å². The monoisotopic (exact) mass is 316 g/mol. The lowest BCUT2D eigenvalue weighted by molar-refractivity contribution is 0.572. The Morgan fingerprint density at radius 2 is 2.10 bits per heavy atom. The van der Waals surface area contributed by atoms with Crippen LogP contribution in [0.3, 0.4) is 0 Å². The summed E-state index contributed by atoms with van der Waals surface area (Å²) in [5, 5.41) is 3.46. The highest BCUT2D eigenvalue weighted by Crippen LogP contribution is 2.33. The highest BCUT2D eigenvalue weighted by molar-refractivity contribution is 7.89. The number of hydrogen-bond acceptors (Lipinski definition) is 3. The zero-order valence-electron chi connectivity index (χ0n) is 11.7. The summed E-state index contributed by atoms with van der Waals surface area (Å²) in [5.41, 5.74) is 0.891. The first kappa shape index (κ1) is 15.8. The minimum absolute atomic E-state index is 0.230. The smallest absolute Gasteiger partial charge is 0.240 e. The van der Waals surface area contributed by atoms with Crippen molar-refractivity contribution < 1.29 is 8.42 Å². The first-order chi connectivity index (χ1) is 9.53. The van der Waals surface area contributed by atoms with E-state index in [9.17, 15) is 8.42 Å². The van der Waals surface area contributed by atoms with Crippen molar-refractivity contribution in [1.82, 2.24) is 10.0 Å². The lowest BCUT2D eigenvalue weighted by atomic mass is 10.2. The first-order valence-corrected chi connectivity index (χ1v) is 8.82. The first-order valence-electron chi connectivity index (χ1n) is 6.95. The van der Waals surface area contributed by atoms with Crippen LogP contribution < -0.4 is 10.0 Å². The molecular weight excluding hydrogens is 296 g/mol. The molecular formula is C14H21ClN2O2S. The van der Waals surface area contributed by atoms with Crippen LogP contribution in [0.1, 0.15) is 31.2 Å². The normalized spacial score (nSPS) is 15.5. The van der Waals surface area contributed by atoms with E-state index in [1.54, 1.807) is 12.1 Å². The summed E-state index contributed by atoms with van der Waals surface area (Å²) in [6.07, 6.45) is 4.62. The molecule has 0 heterocycles. The molecule has 0 amide bonds. The molecule has 1 aliphatic rings. The molecule has 0 aromatic heterocycles. The van der Waals surface area contributed by atoms with Crippen LogP contribution in [0, 0.1) is 5.92 Å². The maximum Gasteiger partial charge on any atom is 0.240 e. The minimum Gasteiger partial charge on any atom is -0.316 e. The van der Waals surface area contributed by atoms with Gasteiger partial charge in [-0.3, -0.25) is 0 Å². The van der Waals surface area contributed by atoms with E-state index in [0.717, 1.165) is 24.3 Å². The standard InChI is InChI=1S/C14H21ClN2O2S/c1-16-10-12-6-7-13(9-14(12)15)20(18,19)17-8-2-3-11-4-5-11/h6-7,9,11,16-17H,2-5,8,10H2,1H3. The SMILES string of the molecule is CNCc1ccc(S(=O)(=O)NCCCC2CC2)cc1Cl. The van der Waals surface area contributed by atoms with Crippen molar-refractivity contribution in [2.45, 2.75) is 37.1 Å². The Labute approximate surface area is 126 Å². The third-order valence-electron chi connectivity index (χ3n) is 3.48. The molecule has 0 saturated heterocycles. The molecule has 1 aromatic carbocycles. The molecule has 0 bridgehead atoms. The van der Waals surface area contributed by atoms with Crippen LogP contribution in [0.25, 0.3) is 0 Å². The third kappa shape index (κ3) is 4.45. The van der Waals surface area contributed by atoms with Crippen molar-refractivity contribution >= 4 is 21.6 Å². The average Bonchev–Trinajstić information content (AvgIpc) is 3.21. The quantitative estimate of drug-likeness (QED) is 0.725. The molecule has 0 unspecified atom stereocenters. The van der Waals surface area contributed by atoms with E-state index < -0.39 is 10.0 Å². The molecule has 112 valence electrons. The summed E-state index contributed by atoms with van der Waals surface area (Å²) in [4.78, 5) is 0.230. The Hall–Kier alpha value is -0.620. The number of benzene rings is 1. The fraction of sp³-hybridized carbons (Fsp3) is 0.571. The molecule has 0 spiro atoms. The van der Waals surface area contributed by atoms with Gasteiger partial charge in [-0.15, -0.1) is 0 Å². The number of sulfonamides is 1. The van der Waals surface area contributed by atoms with Gasteiger partial charge < -0.3 is 5.32 Å². The Morgan fingerprint density at radius 1 is 1.35 bits per heavy atom. The van der Waals surface area contributed by atoms with Gasteiger partial charge in [0, 0.05) is 18.1 Å². The number of hydrogen-bond donors (Lipinski definition) is 2. The second kappa shape index (κ2) is 6.89. The topological polar surface area (TPSA) is 58.2 Å². The maximum atomic E-state index is 12.1. The van der Waals surface area contributed by atoms with Gasteiger partial charge in [-0.05, 0) is 43.5 Å². The van der Waals surface area contributed by atoms with Gasteiger partial charge in [0.05, 0.1) is 4.90 Å². The summed E-state index contributed by atoms with van der Waals surface area (Å²) in [7, 11) is -1.63. The number of rotatable bonds is 8. The van der Waals surface area contributed by atoms with E-state index in [-0.39, 0.29) is 4.90 Å². The highest BCUT2D eigenvalue weighted by atomic mass is 35.5. The molecule has 4 nitrogen and oxygen atoms in total. The minimum atomic E-state index is -3.45. The zero-order valence-corrected chi connectivity index (χ0v) is 13.2. The van der Waals surface area contributed by atoms with Gasteiger partial charge in [-0.2, -0.15) is 0 Å². The molecule has 0 aliphatic heterocycles.